The summed E-state index contributed by atoms with van der Waals surface area (Å²) >= 11 is 0. The van der Waals surface area contributed by atoms with E-state index < -0.39 is 0 Å². The number of hydrogen-bond donors (Lipinski definition) is 0. The Labute approximate surface area is 97.1 Å². The number of carbonyl (C=O) groups excluding carboxylic acids is 2. The predicted molar refractivity (Wildman–Crippen MR) is 62.9 cm³/mol. The van der Waals surface area contributed by atoms with Gasteiger partial charge in [-0.3, -0.25) is 0 Å². The number of aldehydes is 2. The van der Waals surface area contributed by atoms with E-state index in [1.54, 1.807) is 0 Å². The van der Waals surface area contributed by atoms with Gasteiger partial charge in [0.25, 0.3) is 0 Å². The van der Waals surface area contributed by atoms with E-state index in [2.05, 4.69) is 12.2 Å². The second-order valence-electron chi connectivity index (χ2n) is 5.24. The molecule has 0 radical (unpaired) electrons. The van der Waals surface area contributed by atoms with E-state index in [0.717, 1.165) is 44.2 Å². The Balaban J connectivity index is 1.86. The zero-order valence-corrected chi connectivity index (χ0v) is 9.68. The molecule has 0 aromatic rings. The number of allylic oxidation sites excluding steroid dienone is 2. The first-order valence-corrected chi connectivity index (χ1v) is 6.42. The molecule has 0 saturated heterocycles. The molecule has 0 amide bonds. The molecule has 2 aliphatic carbocycles. The molecule has 2 aliphatic rings. The first-order valence-electron chi connectivity index (χ1n) is 6.42. The molecule has 16 heavy (non-hydrogen) atoms. The highest BCUT2D eigenvalue weighted by atomic mass is 16.1. The highest BCUT2D eigenvalue weighted by Gasteiger charge is 2.27. The molecule has 1 fully saturated rings. The Morgan fingerprint density at radius 2 is 1.56 bits per heavy atom. The standard InChI is InChI=1S/C14H20O2/c15-9-11-1-5-13(6-2-11)14-7-3-12(10-16)4-8-14/h1,5,9-14H,2-4,6-8H2. The summed E-state index contributed by atoms with van der Waals surface area (Å²) in [6.07, 6.45) is 13.2. The molecule has 0 heterocycles. The van der Waals surface area contributed by atoms with Crippen LogP contribution >= 0.6 is 0 Å². The van der Waals surface area contributed by atoms with Crippen LogP contribution in [-0.4, -0.2) is 12.6 Å². The predicted octanol–water partition coefficient (Wildman–Crippen LogP) is 2.77. The smallest absolute Gasteiger partial charge is 0.126 e. The normalized spacial score (nSPS) is 39.2. The van der Waals surface area contributed by atoms with Gasteiger partial charge in [-0.05, 0) is 50.4 Å². The van der Waals surface area contributed by atoms with Gasteiger partial charge in [-0.2, -0.15) is 0 Å². The maximum atomic E-state index is 10.7. The Morgan fingerprint density at radius 3 is 2.06 bits per heavy atom. The van der Waals surface area contributed by atoms with E-state index in [9.17, 15) is 9.59 Å². The highest BCUT2D eigenvalue weighted by molar-refractivity contribution is 5.56. The second kappa shape index (κ2) is 5.42. The summed E-state index contributed by atoms with van der Waals surface area (Å²) in [7, 11) is 0. The zero-order valence-electron chi connectivity index (χ0n) is 9.68. The van der Waals surface area contributed by atoms with Crippen LogP contribution in [0.15, 0.2) is 12.2 Å². The minimum atomic E-state index is 0.155. The van der Waals surface area contributed by atoms with Crippen LogP contribution in [0.2, 0.25) is 0 Å². The molecule has 0 aliphatic heterocycles. The van der Waals surface area contributed by atoms with Gasteiger partial charge in [0.05, 0.1) is 0 Å². The monoisotopic (exact) mass is 220 g/mol. The molecule has 88 valence electrons. The number of rotatable bonds is 3. The van der Waals surface area contributed by atoms with Crippen LogP contribution in [-0.2, 0) is 9.59 Å². The van der Waals surface area contributed by atoms with Gasteiger partial charge in [0.15, 0.2) is 0 Å². The minimum absolute atomic E-state index is 0.155. The van der Waals surface area contributed by atoms with Crippen molar-refractivity contribution in [2.24, 2.45) is 23.7 Å². The largest absolute Gasteiger partial charge is 0.303 e. The van der Waals surface area contributed by atoms with Crippen LogP contribution in [0.1, 0.15) is 38.5 Å². The van der Waals surface area contributed by atoms with Crippen molar-refractivity contribution in [2.45, 2.75) is 38.5 Å². The van der Waals surface area contributed by atoms with Gasteiger partial charge >= 0.3 is 0 Å². The third-order valence-corrected chi connectivity index (χ3v) is 4.23. The van der Waals surface area contributed by atoms with Crippen LogP contribution in [0.25, 0.3) is 0 Å². The molecule has 2 nitrogen and oxygen atoms in total. The molecule has 0 bridgehead atoms. The van der Waals surface area contributed by atoms with Gasteiger partial charge in [0.1, 0.15) is 12.6 Å². The minimum Gasteiger partial charge on any atom is -0.303 e. The second-order valence-corrected chi connectivity index (χ2v) is 5.24. The van der Waals surface area contributed by atoms with Crippen LogP contribution in [0.5, 0.6) is 0 Å². The third-order valence-electron chi connectivity index (χ3n) is 4.23. The van der Waals surface area contributed by atoms with Crippen molar-refractivity contribution in [2.75, 3.05) is 0 Å². The van der Waals surface area contributed by atoms with Gasteiger partial charge in [-0.25, -0.2) is 0 Å². The Bertz CT molecular complexity index is 274. The first kappa shape index (κ1) is 11.6. The topological polar surface area (TPSA) is 34.1 Å². The maximum Gasteiger partial charge on any atom is 0.126 e. The fourth-order valence-corrected chi connectivity index (χ4v) is 3.08. The van der Waals surface area contributed by atoms with Crippen molar-refractivity contribution in [1.82, 2.24) is 0 Å². The van der Waals surface area contributed by atoms with E-state index in [0.29, 0.717) is 11.8 Å². The fourth-order valence-electron chi connectivity index (χ4n) is 3.08. The Morgan fingerprint density at radius 1 is 0.812 bits per heavy atom. The summed E-state index contributed by atoms with van der Waals surface area (Å²) in [6, 6.07) is 0. The molecule has 0 N–H and O–H groups in total. The lowest BCUT2D eigenvalue weighted by Gasteiger charge is -2.32. The van der Waals surface area contributed by atoms with Crippen molar-refractivity contribution >= 4 is 12.6 Å². The fraction of sp³-hybridized carbons (Fsp3) is 0.714. The highest BCUT2D eigenvalue weighted by Crippen LogP contribution is 2.37. The lowest BCUT2D eigenvalue weighted by atomic mass is 9.72. The zero-order chi connectivity index (χ0) is 11.4. The van der Waals surface area contributed by atoms with Crippen molar-refractivity contribution in [3.63, 3.8) is 0 Å². The lowest BCUT2D eigenvalue weighted by Crippen LogP contribution is -2.23. The summed E-state index contributed by atoms with van der Waals surface area (Å²) in [6.45, 7) is 0. The summed E-state index contributed by atoms with van der Waals surface area (Å²) in [5.74, 6) is 1.87. The summed E-state index contributed by atoms with van der Waals surface area (Å²) in [4.78, 5) is 21.3. The molecular weight excluding hydrogens is 200 g/mol. The molecule has 2 atom stereocenters. The molecule has 0 spiro atoms. The van der Waals surface area contributed by atoms with Crippen molar-refractivity contribution in [1.29, 1.82) is 0 Å². The average molecular weight is 220 g/mol. The molecule has 2 heteroatoms. The SMILES string of the molecule is O=CC1C=CC(C2CCC(C=O)CC2)CC1. The third kappa shape index (κ3) is 2.60. The summed E-state index contributed by atoms with van der Waals surface area (Å²) < 4.78 is 0. The van der Waals surface area contributed by atoms with Crippen molar-refractivity contribution < 1.29 is 9.59 Å². The molecule has 2 unspecified atom stereocenters. The van der Waals surface area contributed by atoms with Gasteiger partial charge in [-0.15, -0.1) is 0 Å². The molecular formula is C14H20O2. The average Bonchev–Trinajstić information content (AvgIpc) is 2.39. The quantitative estimate of drug-likeness (QED) is 0.541. The van der Waals surface area contributed by atoms with Gasteiger partial charge in [-0.1, -0.05) is 12.2 Å². The van der Waals surface area contributed by atoms with Crippen molar-refractivity contribution in [3.8, 4) is 0 Å². The van der Waals surface area contributed by atoms with Crippen LogP contribution in [0.4, 0.5) is 0 Å². The summed E-state index contributed by atoms with van der Waals surface area (Å²) in [5.41, 5.74) is 0. The van der Waals surface area contributed by atoms with E-state index >= 15 is 0 Å². The van der Waals surface area contributed by atoms with Crippen LogP contribution in [0.3, 0.4) is 0 Å². The van der Waals surface area contributed by atoms with Crippen molar-refractivity contribution in [3.05, 3.63) is 12.2 Å². The summed E-state index contributed by atoms with van der Waals surface area (Å²) in [5, 5.41) is 0. The van der Waals surface area contributed by atoms with E-state index in [1.807, 2.05) is 0 Å². The Hall–Kier alpha value is -0.920. The van der Waals surface area contributed by atoms with Crippen LogP contribution < -0.4 is 0 Å². The molecule has 2 rings (SSSR count). The maximum absolute atomic E-state index is 10.7. The Kier molecular flexibility index (Phi) is 3.92. The van der Waals surface area contributed by atoms with Crippen LogP contribution in [0, 0.1) is 23.7 Å². The van der Waals surface area contributed by atoms with Gasteiger partial charge in [0, 0.05) is 11.8 Å². The van der Waals surface area contributed by atoms with E-state index in [4.69, 9.17) is 0 Å². The first-order chi connectivity index (χ1) is 7.83. The van der Waals surface area contributed by atoms with E-state index in [-0.39, 0.29) is 5.92 Å². The molecule has 1 saturated carbocycles. The molecule has 0 aromatic heterocycles. The van der Waals surface area contributed by atoms with Gasteiger partial charge < -0.3 is 9.59 Å². The van der Waals surface area contributed by atoms with E-state index in [1.165, 1.54) is 12.8 Å². The lowest BCUT2D eigenvalue weighted by molar-refractivity contribution is -0.112. The van der Waals surface area contributed by atoms with Gasteiger partial charge in [0.2, 0.25) is 0 Å². The number of hydrogen-bond acceptors (Lipinski definition) is 2. The number of carbonyl (C=O) groups is 2. The molecule has 0 aromatic carbocycles.